The molecule has 20 heavy (non-hydrogen) atoms. The van der Waals surface area contributed by atoms with Crippen LogP contribution in [0.1, 0.15) is 51.4 Å². The van der Waals surface area contributed by atoms with E-state index in [-0.39, 0.29) is 5.97 Å². The second-order valence-electron chi connectivity index (χ2n) is 7.97. The van der Waals surface area contributed by atoms with Crippen molar-refractivity contribution in [2.45, 2.75) is 51.4 Å². The van der Waals surface area contributed by atoms with Crippen LogP contribution in [0.25, 0.3) is 0 Å². The predicted molar refractivity (Wildman–Crippen MR) is 79.4 cm³/mol. The molecule has 0 amide bonds. The van der Waals surface area contributed by atoms with Crippen LogP contribution in [-0.2, 0) is 9.53 Å². The fourth-order valence-corrected chi connectivity index (χ4v) is 5.43. The van der Waals surface area contributed by atoms with Crippen LogP contribution in [0.5, 0.6) is 0 Å². The lowest BCUT2D eigenvalue weighted by Gasteiger charge is -2.56. The van der Waals surface area contributed by atoms with Crippen molar-refractivity contribution >= 4 is 5.97 Å². The zero-order valence-corrected chi connectivity index (χ0v) is 13.1. The van der Waals surface area contributed by atoms with E-state index >= 15 is 0 Å². The summed E-state index contributed by atoms with van der Waals surface area (Å²) in [6.07, 6.45) is 9.85. The average molecular weight is 279 g/mol. The Bertz CT molecular complexity index is 329. The molecule has 4 aliphatic rings. The van der Waals surface area contributed by atoms with E-state index in [2.05, 4.69) is 19.0 Å². The number of nitrogens with zero attached hydrogens (tertiary/aromatic N) is 1. The Morgan fingerprint density at radius 1 is 1.10 bits per heavy atom. The first kappa shape index (κ1) is 14.4. The van der Waals surface area contributed by atoms with Gasteiger partial charge in [-0.1, -0.05) is 0 Å². The molecule has 0 aromatic carbocycles. The molecule has 0 heterocycles. The van der Waals surface area contributed by atoms with Crippen molar-refractivity contribution in [3.8, 4) is 0 Å². The minimum Gasteiger partial charge on any atom is -0.466 e. The van der Waals surface area contributed by atoms with E-state index < -0.39 is 0 Å². The van der Waals surface area contributed by atoms with Crippen molar-refractivity contribution in [3.05, 3.63) is 0 Å². The van der Waals surface area contributed by atoms with Crippen molar-refractivity contribution < 1.29 is 9.53 Å². The summed E-state index contributed by atoms with van der Waals surface area (Å²) in [5.74, 6) is 2.82. The van der Waals surface area contributed by atoms with Gasteiger partial charge in [0.2, 0.25) is 0 Å². The summed E-state index contributed by atoms with van der Waals surface area (Å²) < 4.78 is 5.47. The Kier molecular flexibility index (Phi) is 4.07. The molecule has 0 spiro atoms. The number of carbonyl (C=O) groups is 1. The van der Waals surface area contributed by atoms with Crippen LogP contribution in [0.4, 0.5) is 0 Å². The Morgan fingerprint density at radius 2 is 1.65 bits per heavy atom. The molecule has 0 unspecified atom stereocenters. The van der Waals surface area contributed by atoms with Gasteiger partial charge in [-0.3, -0.25) is 4.79 Å². The summed E-state index contributed by atoms with van der Waals surface area (Å²) in [4.78, 5) is 14.3. The molecule has 4 bridgehead atoms. The highest BCUT2D eigenvalue weighted by molar-refractivity contribution is 5.70. The predicted octanol–water partition coefficient (Wildman–Crippen LogP) is 3.09. The Labute approximate surface area is 123 Å². The monoisotopic (exact) mass is 279 g/mol. The minimum absolute atomic E-state index is 0.0608. The van der Waals surface area contributed by atoms with Crippen LogP contribution in [0, 0.1) is 23.2 Å². The number of hydrogen-bond acceptors (Lipinski definition) is 3. The maximum atomic E-state index is 12.1. The summed E-state index contributed by atoms with van der Waals surface area (Å²) >= 11 is 0. The summed E-state index contributed by atoms with van der Waals surface area (Å²) in [5.41, 5.74) is 0.327. The fraction of sp³-hybridized carbons (Fsp3) is 0.941. The second-order valence-corrected chi connectivity index (χ2v) is 7.97. The third-order valence-corrected chi connectivity index (χ3v) is 5.70. The van der Waals surface area contributed by atoms with Crippen LogP contribution >= 0.6 is 0 Å². The average Bonchev–Trinajstić information content (AvgIpc) is 2.32. The van der Waals surface area contributed by atoms with E-state index in [0.29, 0.717) is 18.4 Å². The van der Waals surface area contributed by atoms with Crippen molar-refractivity contribution in [2.24, 2.45) is 23.2 Å². The zero-order chi connectivity index (χ0) is 14.2. The zero-order valence-electron chi connectivity index (χ0n) is 13.1. The van der Waals surface area contributed by atoms with Gasteiger partial charge in [-0.05, 0) is 82.2 Å². The van der Waals surface area contributed by atoms with Gasteiger partial charge in [0, 0.05) is 6.54 Å². The van der Waals surface area contributed by atoms with Crippen LogP contribution in [0.3, 0.4) is 0 Å². The largest absolute Gasteiger partial charge is 0.466 e. The molecule has 4 rings (SSSR count). The summed E-state index contributed by atoms with van der Waals surface area (Å²) in [5, 5.41) is 0. The summed E-state index contributed by atoms with van der Waals surface area (Å²) in [6, 6.07) is 0. The molecule has 0 radical (unpaired) electrons. The first-order chi connectivity index (χ1) is 9.55. The summed E-state index contributed by atoms with van der Waals surface area (Å²) in [7, 11) is 4.11. The van der Waals surface area contributed by atoms with Crippen molar-refractivity contribution in [1.29, 1.82) is 0 Å². The topological polar surface area (TPSA) is 29.5 Å². The van der Waals surface area contributed by atoms with Gasteiger partial charge in [0.05, 0.1) is 13.0 Å². The normalized spacial score (nSPS) is 38.5. The quantitative estimate of drug-likeness (QED) is 0.553. The Hall–Kier alpha value is -0.570. The van der Waals surface area contributed by atoms with Gasteiger partial charge in [0.25, 0.3) is 0 Å². The van der Waals surface area contributed by atoms with Crippen LogP contribution in [0.15, 0.2) is 0 Å². The van der Waals surface area contributed by atoms with Crippen molar-refractivity contribution in [2.75, 3.05) is 27.2 Å². The number of ether oxygens (including phenoxy) is 1. The van der Waals surface area contributed by atoms with E-state index in [9.17, 15) is 4.79 Å². The molecule has 0 aliphatic heterocycles. The highest BCUT2D eigenvalue weighted by Crippen LogP contribution is 2.61. The molecular formula is C17H29NO2. The number of esters is 1. The minimum atomic E-state index is 0.0608. The first-order valence-corrected chi connectivity index (χ1v) is 8.35. The van der Waals surface area contributed by atoms with Gasteiger partial charge in [0.1, 0.15) is 0 Å². The Morgan fingerprint density at radius 3 is 2.15 bits per heavy atom. The molecule has 4 aliphatic carbocycles. The molecule has 4 fully saturated rings. The fourth-order valence-electron chi connectivity index (χ4n) is 5.43. The molecule has 0 saturated heterocycles. The molecule has 4 saturated carbocycles. The van der Waals surface area contributed by atoms with Crippen LogP contribution in [0.2, 0.25) is 0 Å². The van der Waals surface area contributed by atoms with E-state index in [4.69, 9.17) is 4.74 Å². The first-order valence-electron chi connectivity index (χ1n) is 8.35. The SMILES string of the molecule is CN(C)CCCOC(=O)CC12CC3CC(CC(C3)C1)C2. The number of rotatable bonds is 6. The molecular weight excluding hydrogens is 250 g/mol. The van der Waals surface area contributed by atoms with E-state index in [1.54, 1.807) is 0 Å². The highest BCUT2D eigenvalue weighted by Gasteiger charge is 2.51. The molecule has 0 aromatic heterocycles. The van der Waals surface area contributed by atoms with Crippen molar-refractivity contribution in [3.63, 3.8) is 0 Å². The number of hydrogen-bond donors (Lipinski definition) is 0. The van der Waals surface area contributed by atoms with Crippen LogP contribution in [-0.4, -0.2) is 38.1 Å². The highest BCUT2D eigenvalue weighted by atomic mass is 16.5. The van der Waals surface area contributed by atoms with Gasteiger partial charge < -0.3 is 9.64 Å². The van der Waals surface area contributed by atoms with Gasteiger partial charge in [0.15, 0.2) is 0 Å². The van der Waals surface area contributed by atoms with Gasteiger partial charge in [-0.25, -0.2) is 0 Å². The smallest absolute Gasteiger partial charge is 0.306 e. The number of carbonyl (C=O) groups excluding carboxylic acids is 1. The molecule has 0 atom stereocenters. The van der Waals surface area contributed by atoms with Gasteiger partial charge in [-0.2, -0.15) is 0 Å². The lowest BCUT2D eigenvalue weighted by molar-refractivity contribution is -0.152. The molecule has 3 nitrogen and oxygen atoms in total. The Balaban J connectivity index is 1.46. The molecule has 114 valence electrons. The maximum absolute atomic E-state index is 12.1. The lowest BCUT2D eigenvalue weighted by atomic mass is 9.49. The van der Waals surface area contributed by atoms with E-state index in [0.717, 1.165) is 30.7 Å². The van der Waals surface area contributed by atoms with E-state index in [1.165, 1.54) is 38.5 Å². The molecule has 0 aromatic rings. The second kappa shape index (κ2) is 5.67. The van der Waals surface area contributed by atoms with Gasteiger partial charge >= 0.3 is 5.97 Å². The third-order valence-electron chi connectivity index (χ3n) is 5.70. The molecule has 3 heteroatoms. The van der Waals surface area contributed by atoms with E-state index in [1.807, 2.05) is 0 Å². The lowest BCUT2D eigenvalue weighted by Crippen LogP contribution is -2.47. The van der Waals surface area contributed by atoms with Crippen LogP contribution < -0.4 is 0 Å². The standard InChI is InChI=1S/C17H29NO2/c1-18(2)4-3-5-20-16(19)12-17-9-13-6-14(10-17)8-15(7-13)11-17/h13-15H,3-12H2,1-2H3. The van der Waals surface area contributed by atoms with Gasteiger partial charge in [-0.15, -0.1) is 0 Å². The van der Waals surface area contributed by atoms with Crippen molar-refractivity contribution in [1.82, 2.24) is 4.90 Å². The summed E-state index contributed by atoms with van der Waals surface area (Å²) in [6.45, 7) is 1.58. The molecule has 0 N–H and O–H groups in total. The maximum Gasteiger partial charge on any atom is 0.306 e. The third kappa shape index (κ3) is 3.19.